The topological polar surface area (TPSA) is 46.2 Å². The summed E-state index contributed by atoms with van der Waals surface area (Å²) in [5, 5.41) is 3.41. The third kappa shape index (κ3) is 4.32. The van der Waals surface area contributed by atoms with E-state index in [1.54, 1.807) is 0 Å². The monoisotopic (exact) mass is 281 g/mol. The largest absolute Gasteiger partial charge is 0.310 e. The first-order valence-corrected chi connectivity index (χ1v) is 8.90. The average molecular weight is 281 g/mol. The molecule has 0 spiro atoms. The van der Waals surface area contributed by atoms with Crippen molar-refractivity contribution in [2.24, 2.45) is 0 Å². The summed E-state index contributed by atoms with van der Waals surface area (Å²) in [5.41, 5.74) is 2.72. The van der Waals surface area contributed by atoms with Gasteiger partial charge in [-0.2, -0.15) is 0 Å². The second-order valence-electron chi connectivity index (χ2n) is 5.94. The van der Waals surface area contributed by atoms with Crippen molar-refractivity contribution in [3.8, 4) is 0 Å². The standard InChI is InChI=1S/C15H23NO2S/c1-11-5-4-6-13(7-11)14-8-15(9-14)16-12(2)10-19(3,17)18/h4-7,12,14-16H,8-10H2,1-3H3. The maximum atomic E-state index is 11.2. The van der Waals surface area contributed by atoms with Crippen LogP contribution in [0, 0.1) is 6.92 Å². The van der Waals surface area contributed by atoms with Gasteiger partial charge in [0.05, 0.1) is 5.75 Å². The van der Waals surface area contributed by atoms with Crippen LogP contribution in [0.25, 0.3) is 0 Å². The molecule has 0 heterocycles. The van der Waals surface area contributed by atoms with Gasteiger partial charge in [0.15, 0.2) is 0 Å². The van der Waals surface area contributed by atoms with Crippen molar-refractivity contribution in [2.75, 3.05) is 12.0 Å². The SMILES string of the molecule is Cc1cccc(C2CC(NC(C)CS(C)(=O)=O)C2)c1. The predicted octanol–water partition coefficient (Wildman–Crippen LogP) is 2.26. The molecular weight excluding hydrogens is 258 g/mol. The Morgan fingerprint density at radius 1 is 1.37 bits per heavy atom. The first kappa shape index (κ1) is 14.5. The number of sulfone groups is 1. The molecule has 1 aliphatic carbocycles. The van der Waals surface area contributed by atoms with E-state index in [0.29, 0.717) is 12.0 Å². The number of hydrogen-bond acceptors (Lipinski definition) is 3. The molecule has 0 bridgehead atoms. The molecule has 1 saturated carbocycles. The van der Waals surface area contributed by atoms with Crippen LogP contribution < -0.4 is 5.32 Å². The molecule has 1 atom stereocenters. The van der Waals surface area contributed by atoms with E-state index in [4.69, 9.17) is 0 Å². The minimum atomic E-state index is -2.89. The van der Waals surface area contributed by atoms with E-state index in [1.165, 1.54) is 17.4 Å². The van der Waals surface area contributed by atoms with Crippen molar-refractivity contribution in [3.63, 3.8) is 0 Å². The summed E-state index contributed by atoms with van der Waals surface area (Å²) >= 11 is 0. The Hall–Kier alpha value is -0.870. The predicted molar refractivity (Wildman–Crippen MR) is 79.3 cm³/mol. The quantitative estimate of drug-likeness (QED) is 0.900. The molecule has 4 heteroatoms. The Labute approximate surface area is 116 Å². The highest BCUT2D eigenvalue weighted by molar-refractivity contribution is 7.90. The van der Waals surface area contributed by atoms with Crippen LogP contribution in [0.5, 0.6) is 0 Å². The molecule has 0 amide bonds. The van der Waals surface area contributed by atoms with E-state index in [0.717, 1.165) is 12.8 Å². The van der Waals surface area contributed by atoms with Crippen LogP contribution in [0.1, 0.15) is 36.8 Å². The van der Waals surface area contributed by atoms with Crippen molar-refractivity contribution in [3.05, 3.63) is 35.4 Å². The average Bonchev–Trinajstić information content (AvgIpc) is 2.20. The van der Waals surface area contributed by atoms with Crippen LogP contribution in [0.15, 0.2) is 24.3 Å². The van der Waals surface area contributed by atoms with E-state index in [1.807, 2.05) is 6.92 Å². The molecule has 0 aromatic heterocycles. The van der Waals surface area contributed by atoms with E-state index < -0.39 is 9.84 Å². The van der Waals surface area contributed by atoms with Gasteiger partial charge in [0, 0.05) is 18.3 Å². The summed E-state index contributed by atoms with van der Waals surface area (Å²) < 4.78 is 22.4. The highest BCUT2D eigenvalue weighted by atomic mass is 32.2. The highest BCUT2D eigenvalue weighted by Crippen LogP contribution is 2.37. The lowest BCUT2D eigenvalue weighted by Gasteiger charge is -2.38. The summed E-state index contributed by atoms with van der Waals surface area (Å²) in [5.74, 6) is 0.848. The van der Waals surface area contributed by atoms with Crippen molar-refractivity contribution < 1.29 is 8.42 Å². The third-order valence-electron chi connectivity index (χ3n) is 3.72. The molecule has 106 valence electrons. The van der Waals surface area contributed by atoms with Gasteiger partial charge in [-0.25, -0.2) is 8.42 Å². The van der Waals surface area contributed by atoms with Crippen LogP contribution >= 0.6 is 0 Å². The third-order valence-corrected chi connectivity index (χ3v) is 4.83. The zero-order valence-corrected chi connectivity index (χ0v) is 12.7. The number of rotatable bonds is 5. The van der Waals surface area contributed by atoms with Crippen LogP contribution in [0.3, 0.4) is 0 Å². The first-order chi connectivity index (χ1) is 8.83. The summed E-state index contributed by atoms with van der Waals surface area (Å²) in [6, 6.07) is 9.17. The van der Waals surface area contributed by atoms with Crippen LogP contribution in [0.4, 0.5) is 0 Å². The zero-order valence-electron chi connectivity index (χ0n) is 11.9. The van der Waals surface area contributed by atoms with E-state index in [-0.39, 0.29) is 11.8 Å². The lowest BCUT2D eigenvalue weighted by Crippen LogP contribution is -2.46. The first-order valence-electron chi connectivity index (χ1n) is 6.84. The van der Waals surface area contributed by atoms with Crippen LogP contribution in [-0.4, -0.2) is 32.5 Å². The van der Waals surface area contributed by atoms with Crippen molar-refractivity contribution in [1.29, 1.82) is 0 Å². The van der Waals surface area contributed by atoms with Gasteiger partial charge in [-0.15, -0.1) is 0 Å². The van der Waals surface area contributed by atoms with Crippen molar-refractivity contribution in [2.45, 2.75) is 44.7 Å². The normalized spacial score (nSPS) is 24.8. The Balaban J connectivity index is 1.80. The summed E-state index contributed by atoms with van der Waals surface area (Å²) in [6.07, 6.45) is 3.51. The molecule has 0 saturated heterocycles. The maximum absolute atomic E-state index is 11.2. The van der Waals surface area contributed by atoms with Gasteiger partial charge in [-0.1, -0.05) is 29.8 Å². The Morgan fingerprint density at radius 3 is 2.63 bits per heavy atom. The minimum absolute atomic E-state index is 0.0402. The maximum Gasteiger partial charge on any atom is 0.148 e. The highest BCUT2D eigenvalue weighted by Gasteiger charge is 2.31. The van der Waals surface area contributed by atoms with Gasteiger partial charge in [0.25, 0.3) is 0 Å². The summed E-state index contributed by atoms with van der Waals surface area (Å²) in [6.45, 7) is 4.06. The molecule has 1 N–H and O–H groups in total. The molecule has 0 aliphatic heterocycles. The summed E-state index contributed by atoms with van der Waals surface area (Å²) in [4.78, 5) is 0. The molecule has 1 unspecified atom stereocenters. The molecule has 3 nitrogen and oxygen atoms in total. The molecule has 1 fully saturated rings. The van der Waals surface area contributed by atoms with Gasteiger partial charge in [0.2, 0.25) is 0 Å². The van der Waals surface area contributed by atoms with Gasteiger partial charge < -0.3 is 5.32 Å². The fourth-order valence-corrected chi connectivity index (χ4v) is 3.86. The fraction of sp³-hybridized carbons (Fsp3) is 0.600. The Morgan fingerprint density at radius 2 is 2.05 bits per heavy atom. The second kappa shape index (κ2) is 5.63. The van der Waals surface area contributed by atoms with Gasteiger partial charge in [-0.05, 0) is 38.2 Å². The molecule has 1 aromatic carbocycles. The van der Waals surface area contributed by atoms with Gasteiger partial charge in [0.1, 0.15) is 9.84 Å². The van der Waals surface area contributed by atoms with E-state index in [9.17, 15) is 8.42 Å². The van der Waals surface area contributed by atoms with Crippen molar-refractivity contribution in [1.82, 2.24) is 5.32 Å². The van der Waals surface area contributed by atoms with Gasteiger partial charge >= 0.3 is 0 Å². The van der Waals surface area contributed by atoms with Gasteiger partial charge in [-0.3, -0.25) is 0 Å². The fourth-order valence-electron chi connectivity index (χ4n) is 2.85. The van der Waals surface area contributed by atoms with Crippen LogP contribution in [0.2, 0.25) is 0 Å². The molecular formula is C15H23NO2S. The lowest BCUT2D eigenvalue weighted by molar-refractivity contribution is 0.275. The second-order valence-corrected chi connectivity index (χ2v) is 8.12. The van der Waals surface area contributed by atoms with E-state index >= 15 is 0 Å². The smallest absolute Gasteiger partial charge is 0.148 e. The number of nitrogens with one attached hydrogen (secondary N) is 1. The minimum Gasteiger partial charge on any atom is -0.310 e. The molecule has 1 aliphatic rings. The Kier molecular flexibility index (Phi) is 4.31. The number of hydrogen-bond donors (Lipinski definition) is 1. The summed E-state index contributed by atoms with van der Waals surface area (Å²) in [7, 11) is -2.89. The Bertz CT molecular complexity index is 533. The molecule has 0 radical (unpaired) electrons. The van der Waals surface area contributed by atoms with Crippen LogP contribution in [-0.2, 0) is 9.84 Å². The number of aryl methyl sites for hydroxylation is 1. The molecule has 2 rings (SSSR count). The van der Waals surface area contributed by atoms with Crippen molar-refractivity contribution >= 4 is 9.84 Å². The van der Waals surface area contributed by atoms with E-state index in [2.05, 4.69) is 36.5 Å². The molecule has 1 aromatic rings. The number of benzene rings is 1. The molecule has 19 heavy (non-hydrogen) atoms. The zero-order chi connectivity index (χ0) is 14.0. The lowest BCUT2D eigenvalue weighted by atomic mass is 9.75.